The molecular formula is C58H40F14O14S4. The van der Waals surface area contributed by atoms with Crippen LogP contribution in [0.5, 0.6) is 40.2 Å². The molecule has 8 rings (SSSR count). The summed E-state index contributed by atoms with van der Waals surface area (Å²) in [6, 6.07) is 20.4. The Hall–Kier alpha value is -8.30. The molecule has 90 heavy (non-hydrogen) atoms. The van der Waals surface area contributed by atoms with Gasteiger partial charge in [-0.25, -0.2) is 43.2 Å². The molecule has 1 N–H and O–H groups in total. The number of benzene rings is 8. The molecule has 14 nitrogen and oxygen atoms in total. The van der Waals surface area contributed by atoms with Gasteiger partial charge in [-0.2, -0.15) is 52.0 Å². The van der Waals surface area contributed by atoms with Crippen LogP contribution in [0, 0.1) is 53.5 Å². The Morgan fingerprint density at radius 2 is 0.767 bits per heavy atom. The lowest BCUT2D eigenvalue weighted by molar-refractivity contribution is -0.173. The zero-order valence-corrected chi connectivity index (χ0v) is 49.4. The van der Waals surface area contributed by atoms with Crippen LogP contribution in [-0.2, 0) is 60.7 Å². The van der Waals surface area contributed by atoms with Crippen LogP contribution in [-0.4, -0.2) is 64.8 Å². The number of methoxy groups -OCH3 is 1. The zero-order valence-electron chi connectivity index (χ0n) is 46.1. The van der Waals surface area contributed by atoms with E-state index in [0.29, 0.717) is 56.0 Å². The highest BCUT2D eigenvalue weighted by molar-refractivity contribution is 7.92. The standard InChI is InChI=1S/C58H40F14O14S4/c1-29-44(59)48(63)53(49(64)45(29)60)89(78,79)54-50(65)46(61)52(47(62)51(54)66)86-38-20-12-34(13-21-38)56(3,58(70,71)72)32-8-16-36(17-9-32)84-41-24-22-39(26-30(41)28-87(73,74)75)88(76,77)40-23-25-42(43(27-40)90(80,81)83-5)85-37-18-10-33(11-19-37)55(2,57(67,68)69)31-6-14-35(82-4)15-7-31/h6-27H,28H2,1-5H3,(H,73,74,75). The summed E-state index contributed by atoms with van der Waals surface area (Å²) in [5.41, 5.74) is -9.26. The van der Waals surface area contributed by atoms with E-state index in [0.717, 1.165) is 86.8 Å². The molecule has 0 aromatic heterocycles. The lowest BCUT2D eigenvalue weighted by Crippen LogP contribution is -2.40. The van der Waals surface area contributed by atoms with Gasteiger partial charge in [-0.3, -0.25) is 8.74 Å². The number of hydrogen-bond acceptors (Lipinski definition) is 13. The predicted octanol–water partition coefficient (Wildman–Crippen LogP) is 14.6. The van der Waals surface area contributed by atoms with Crippen LogP contribution in [0.1, 0.15) is 47.2 Å². The minimum absolute atomic E-state index is 0.154. The molecule has 0 aliphatic rings. The second-order valence-electron chi connectivity index (χ2n) is 19.7. The third-order valence-electron chi connectivity index (χ3n) is 14.3. The fourth-order valence-corrected chi connectivity index (χ4v) is 13.5. The third-order valence-corrected chi connectivity index (χ3v) is 19.8. The molecule has 0 fully saturated rings. The highest BCUT2D eigenvalue weighted by atomic mass is 32.2. The molecule has 0 bridgehead atoms. The summed E-state index contributed by atoms with van der Waals surface area (Å²) < 4.78 is 350. The van der Waals surface area contributed by atoms with Crippen LogP contribution in [0.15, 0.2) is 158 Å². The van der Waals surface area contributed by atoms with Crippen LogP contribution in [0.3, 0.4) is 0 Å². The molecule has 32 heteroatoms. The molecule has 2 unspecified atom stereocenters. The van der Waals surface area contributed by atoms with Crippen molar-refractivity contribution in [3.63, 3.8) is 0 Å². The zero-order chi connectivity index (χ0) is 66.8. The lowest BCUT2D eigenvalue weighted by Gasteiger charge is -2.33. The van der Waals surface area contributed by atoms with Gasteiger partial charge in [0.25, 0.3) is 20.2 Å². The van der Waals surface area contributed by atoms with Crippen molar-refractivity contribution in [3.05, 3.63) is 213 Å². The van der Waals surface area contributed by atoms with Crippen molar-refractivity contribution in [2.45, 2.75) is 74.2 Å². The molecule has 0 spiro atoms. The van der Waals surface area contributed by atoms with Gasteiger partial charge < -0.3 is 18.9 Å². The first-order chi connectivity index (χ1) is 41.6. The maximum Gasteiger partial charge on any atom is 0.402 e. The third kappa shape index (κ3) is 12.4. The van der Waals surface area contributed by atoms with E-state index < -0.39 is 185 Å². The molecule has 0 amide bonds. The Kier molecular flexibility index (Phi) is 18.1. The minimum Gasteiger partial charge on any atom is -0.497 e. The van der Waals surface area contributed by atoms with Gasteiger partial charge >= 0.3 is 12.4 Å². The van der Waals surface area contributed by atoms with Crippen molar-refractivity contribution in [1.29, 1.82) is 0 Å². The Bertz CT molecular complexity index is 4550. The normalized spacial score (nSPS) is 14.0. The molecule has 478 valence electrons. The van der Waals surface area contributed by atoms with Gasteiger partial charge in [0.2, 0.25) is 37.1 Å². The van der Waals surface area contributed by atoms with Crippen molar-refractivity contribution in [2.75, 3.05) is 14.2 Å². The summed E-state index contributed by atoms with van der Waals surface area (Å²) in [4.78, 5) is -7.84. The van der Waals surface area contributed by atoms with E-state index in [-0.39, 0.29) is 22.6 Å². The van der Waals surface area contributed by atoms with Gasteiger partial charge in [0.1, 0.15) is 65.8 Å². The SMILES string of the molecule is COc1ccc(C(C)(c2ccc(Oc3ccc(S(=O)(=O)c4ccc(Oc5ccc(C(C)(c6ccc(Oc7c(F)c(F)c(S(=O)(=O)c8c(F)c(F)c(C)c(F)c8F)c(F)c7F)cc6)C(F)(F)F)cc5)c(CS(=O)(=O)O)c4)cc3S(=O)(=O)OC)cc2)C(F)(F)F)cc1. The van der Waals surface area contributed by atoms with Crippen LogP contribution < -0.4 is 18.9 Å². The Morgan fingerprint density at radius 3 is 1.13 bits per heavy atom. The van der Waals surface area contributed by atoms with Gasteiger partial charge in [0, 0.05) is 11.1 Å². The molecular weight excluding hydrogens is 1310 g/mol. The largest absolute Gasteiger partial charge is 0.497 e. The quantitative estimate of drug-likeness (QED) is 0.0346. The van der Waals surface area contributed by atoms with E-state index in [9.17, 15) is 69.0 Å². The lowest BCUT2D eigenvalue weighted by atomic mass is 9.75. The molecule has 2 atom stereocenters. The Balaban J connectivity index is 1.05. The van der Waals surface area contributed by atoms with Crippen molar-refractivity contribution >= 4 is 39.9 Å². The molecule has 0 aliphatic heterocycles. The van der Waals surface area contributed by atoms with E-state index in [4.69, 9.17) is 18.9 Å². The van der Waals surface area contributed by atoms with E-state index in [1.807, 2.05) is 0 Å². The number of hydrogen-bond donors (Lipinski definition) is 1. The first-order valence-electron chi connectivity index (χ1n) is 25.0. The summed E-state index contributed by atoms with van der Waals surface area (Å²) >= 11 is 0. The van der Waals surface area contributed by atoms with Crippen LogP contribution in [0.4, 0.5) is 61.5 Å². The first-order valence-corrected chi connectivity index (χ1v) is 31.0. The smallest absolute Gasteiger partial charge is 0.402 e. The number of sulfone groups is 2. The number of rotatable bonds is 19. The number of halogens is 14. The topological polar surface area (TPSA) is 203 Å². The average molecular weight is 1360 g/mol. The molecule has 0 radical (unpaired) electrons. The summed E-state index contributed by atoms with van der Waals surface area (Å²) in [7, 11) is -19.3. The monoisotopic (exact) mass is 1350 g/mol. The van der Waals surface area contributed by atoms with Gasteiger partial charge in [-0.05, 0) is 128 Å². The molecule has 8 aromatic carbocycles. The fourth-order valence-electron chi connectivity index (χ4n) is 9.12. The summed E-state index contributed by atoms with van der Waals surface area (Å²) in [6.45, 7) is 2.05. The van der Waals surface area contributed by atoms with E-state index in [1.54, 1.807) is 0 Å². The molecule has 0 saturated carbocycles. The second kappa shape index (κ2) is 24.1. The van der Waals surface area contributed by atoms with Gasteiger partial charge in [0.05, 0.1) is 24.0 Å². The molecule has 0 aliphatic carbocycles. The highest BCUT2D eigenvalue weighted by Crippen LogP contribution is 2.50. The maximum absolute atomic E-state index is 15.3. The summed E-state index contributed by atoms with van der Waals surface area (Å²) in [5.74, 6) is -26.9. The first kappa shape index (κ1) is 67.6. The number of alkyl halides is 6. The highest BCUT2D eigenvalue weighted by Gasteiger charge is 2.55. The maximum atomic E-state index is 15.3. The van der Waals surface area contributed by atoms with Gasteiger partial charge in [0.15, 0.2) is 34.9 Å². The summed E-state index contributed by atoms with van der Waals surface area (Å²) in [6.07, 6.45) is -10.1. The minimum atomic E-state index is -6.51. The Morgan fingerprint density at radius 1 is 0.422 bits per heavy atom. The Labute approximate surface area is 502 Å². The van der Waals surface area contributed by atoms with Crippen molar-refractivity contribution < 1.29 is 123 Å². The van der Waals surface area contributed by atoms with Crippen molar-refractivity contribution in [1.82, 2.24) is 0 Å². The predicted molar refractivity (Wildman–Crippen MR) is 288 cm³/mol. The molecule has 0 saturated heterocycles. The molecule has 8 aromatic rings. The van der Waals surface area contributed by atoms with E-state index in [1.165, 1.54) is 31.4 Å². The van der Waals surface area contributed by atoms with Crippen molar-refractivity contribution in [2.24, 2.45) is 0 Å². The summed E-state index contributed by atoms with van der Waals surface area (Å²) in [5, 5.41) is 0. The average Bonchev–Trinajstić information content (AvgIpc) is 1.00. The van der Waals surface area contributed by atoms with E-state index >= 15 is 30.7 Å². The number of ether oxygens (including phenoxy) is 4. The van der Waals surface area contributed by atoms with Crippen LogP contribution >= 0.6 is 0 Å². The fraction of sp³-hybridized carbons (Fsp3) is 0.172. The van der Waals surface area contributed by atoms with E-state index in [2.05, 4.69) is 4.18 Å². The van der Waals surface area contributed by atoms with Crippen LogP contribution in [0.25, 0.3) is 0 Å². The second-order valence-corrected chi connectivity index (χ2v) is 26.6. The molecule has 0 heterocycles. The van der Waals surface area contributed by atoms with Gasteiger partial charge in [-0.15, -0.1) is 0 Å². The van der Waals surface area contributed by atoms with Gasteiger partial charge in [-0.1, -0.05) is 48.5 Å². The van der Waals surface area contributed by atoms with Crippen molar-refractivity contribution in [3.8, 4) is 40.2 Å². The van der Waals surface area contributed by atoms with Crippen LogP contribution in [0.2, 0.25) is 0 Å².